The van der Waals surface area contributed by atoms with Crippen LogP contribution in [0.2, 0.25) is 0 Å². The van der Waals surface area contributed by atoms with E-state index in [1.807, 2.05) is 0 Å². The van der Waals surface area contributed by atoms with Crippen LogP contribution in [-0.2, 0) is 11.3 Å². The van der Waals surface area contributed by atoms with E-state index in [0.29, 0.717) is 5.69 Å². The number of thiazole rings is 1. The summed E-state index contributed by atoms with van der Waals surface area (Å²) >= 11 is 1.41. The van der Waals surface area contributed by atoms with Gasteiger partial charge in [-0.15, -0.1) is 11.3 Å². The van der Waals surface area contributed by atoms with Crippen LogP contribution >= 0.6 is 11.3 Å². The number of nitrogens with zero attached hydrogens (tertiary/aromatic N) is 1. The number of amides is 1. The Bertz CT molecular complexity index is 485. The summed E-state index contributed by atoms with van der Waals surface area (Å²) < 4.78 is 17.6. The number of benzene rings is 1. The lowest BCUT2D eigenvalue weighted by molar-refractivity contribution is 0.156. The van der Waals surface area contributed by atoms with Gasteiger partial charge in [-0.05, 0) is 24.3 Å². The molecule has 0 radical (unpaired) electrons. The number of carbonyl (C=O) groups excluding carboxylic acids is 1. The monoisotopic (exact) mass is 252 g/mol. The maximum Gasteiger partial charge on any atom is 0.411 e. The molecule has 2 aromatic rings. The second kappa shape index (κ2) is 5.40. The first kappa shape index (κ1) is 11.5. The van der Waals surface area contributed by atoms with Gasteiger partial charge in [0.05, 0.1) is 10.4 Å². The first-order chi connectivity index (χ1) is 8.24. The molecule has 0 spiro atoms. The van der Waals surface area contributed by atoms with Crippen LogP contribution in [0.1, 0.15) is 4.88 Å². The minimum atomic E-state index is -0.579. The van der Waals surface area contributed by atoms with Crippen molar-refractivity contribution in [2.45, 2.75) is 6.61 Å². The average molecular weight is 252 g/mol. The predicted octanol–water partition coefficient (Wildman–Crippen LogP) is 3.03. The minimum Gasteiger partial charge on any atom is -0.444 e. The van der Waals surface area contributed by atoms with Gasteiger partial charge < -0.3 is 4.74 Å². The molecule has 0 saturated carbocycles. The smallest absolute Gasteiger partial charge is 0.411 e. The Labute approximate surface area is 101 Å². The largest absolute Gasteiger partial charge is 0.444 e. The summed E-state index contributed by atoms with van der Waals surface area (Å²) in [6.07, 6.45) is 1.06. The fourth-order valence-corrected chi connectivity index (χ4v) is 1.64. The number of hydrogen-bond acceptors (Lipinski definition) is 4. The van der Waals surface area contributed by atoms with E-state index in [0.717, 1.165) is 4.88 Å². The van der Waals surface area contributed by atoms with Crippen molar-refractivity contribution in [3.8, 4) is 0 Å². The molecule has 0 aliphatic rings. The zero-order valence-corrected chi connectivity index (χ0v) is 9.54. The average Bonchev–Trinajstić information content (AvgIpc) is 2.83. The van der Waals surface area contributed by atoms with Crippen LogP contribution in [-0.4, -0.2) is 11.1 Å². The Morgan fingerprint density at radius 2 is 2.18 bits per heavy atom. The molecule has 0 saturated heterocycles. The molecule has 88 valence electrons. The quantitative estimate of drug-likeness (QED) is 0.913. The number of nitrogens with one attached hydrogen (secondary N) is 1. The Morgan fingerprint density at radius 1 is 1.41 bits per heavy atom. The molecule has 0 unspecified atom stereocenters. The Morgan fingerprint density at radius 3 is 2.82 bits per heavy atom. The van der Waals surface area contributed by atoms with Crippen molar-refractivity contribution in [1.29, 1.82) is 0 Å². The molecule has 1 N–H and O–H groups in total. The lowest BCUT2D eigenvalue weighted by atomic mass is 10.3. The van der Waals surface area contributed by atoms with Gasteiger partial charge in [0, 0.05) is 11.9 Å². The zero-order valence-electron chi connectivity index (χ0n) is 8.72. The van der Waals surface area contributed by atoms with Gasteiger partial charge >= 0.3 is 6.09 Å². The number of aromatic nitrogens is 1. The third-order valence-corrected chi connectivity index (χ3v) is 2.67. The number of rotatable bonds is 3. The Kier molecular flexibility index (Phi) is 3.66. The number of ether oxygens (including phenoxy) is 1. The van der Waals surface area contributed by atoms with Crippen molar-refractivity contribution >= 4 is 23.1 Å². The van der Waals surface area contributed by atoms with Gasteiger partial charge in [0.2, 0.25) is 0 Å². The Balaban J connectivity index is 1.83. The van der Waals surface area contributed by atoms with E-state index in [2.05, 4.69) is 10.3 Å². The summed E-state index contributed by atoms with van der Waals surface area (Å²) in [5.74, 6) is -0.353. The third-order valence-electron chi connectivity index (χ3n) is 1.92. The number of anilines is 1. The van der Waals surface area contributed by atoms with E-state index in [4.69, 9.17) is 4.74 Å². The predicted molar refractivity (Wildman–Crippen MR) is 62.3 cm³/mol. The topological polar surface area (TPSA) is 51.2 Å². The molecule has 0 bridgehead atoms. The standard InChI is InChI=1S/C11H9FN2O2S/c12-8-1-3-9(4-2-8)14-11(15)16-6-10-5-13-7-17-10/h1-5,7H,6H2,(H,14,15). The highest BCUT2D eigenvalue weighted by molar-refractivity contribution is 7.09. The van der Waals surface area contributed by atoms with Crippen LogP contribution in [0, 0.1) is 5.82 Å². The molecule has 0 atom stereocenters. The van der Waals surface area contributed by atoms with Gasteiger partial charge in [0.25, 0.3) is 0 Å². The molecular weight excluding hydrogens is 243 g/mol. The van der Waals surface area contributed by atoms with Crippen molar-refractivity contribution < 1.29 is 13.9 Å². The van der Waals surface area contributed by atoms with Gasteiger partial charge in [-0.1, -0.05) is 0 Å². The summed E-state index contributed by atoms with van der Waals surface area (Å²) in [5.41, 5.74) is 2.15. The van der Waals surface area contributed by atoms with Crippen molar-refractivity contribution in [3.05, 3.63) is 46.7 Å². The van der Waals surface area contributed by atoms with Gasteiger partial charge in [-0.25, -0.2) is 9.18 Å². The summed E-state index contributed by atoms with van der Waals surface area (Å²) in [6, 6.07) is 5.45. The van der Waals surface area contributed by atoms with Crippen LogP contribution in [0.25, 0.3) is 0 Å². The highest BCUT2D eigenvalue weighted by Crippen LogP contribution is 2.10. The number of hydrogen-bond donors (Lipinski definition) is 1. The van der Waals surface area contributed by atoms with Gasteiger partial charge in [0.1, 0.15) is 12.4 Å². The molecule has 2 rings (SSSR count). The first-order valence-electron chi connectivity index (χ1n) is 4.81. The second-order valence-electron chi connectivity index (χ2n) is 3.18. The highest BCUT2D eigenvalue weighted by Gasteiger charge is 2.04. The van der Waals surface area contributed by atoms with Crippen LogP contribution in [0.3, 0.4) is 0 Å². The molecule has 0 fully saturated rings. The molecule has 0 aliphatic carbocycles. The van der Waals surface area contributed by atoms with Crippen LogP contribution < -0.4 is 5.32 Å². The summed E-state index contributed by atoms with van der Waals surface area (Å²) in [6.45, 7) is 0.178. The molecule has 1 aromatic carbocycles. The van der Waals surface area contributed by atoms with E-state index in [9.17, 15) is 9.18 Å². The summed E-state index contributed by atoms with van der Waals surface area (Å²) in [5, 5.41) is 2.49. The van der Waals surface area contributed by atoms with E-state index >= 15 is 0 Å². The van der Waals surface area contributed by atoms with Crippen molar-refractivity contribution in [2.75, 3.05) is 5.32 Å². The van der Waals surface area contributed by atoms with Crippen molar-refractivity contribution in [3.63, 3.8) is 0 Å². The van der Waals surface area contributed by atoms with Crippen LogP contribution in [0.15, 0.2) is 36.0 Å². The van der Waals surface area contributed by atoms with Gasteiger partial charge in [-0.2, -0.15) is 0 Å². The fraction of sp³-hybridized carbons (Fsp3) is 0.0909. The maximum atomic E-state index is 12.6. The molecule has 6 heteroatoms. The van der Waals surface area contributed by atoms with Gasteiger partial charge in [0.15, 0.2) is 0 Å². The van der Waals surface area contributed by atoms with Crippen molar-refractivity contribution in [2.24, 2.45) is 0 Å². The SMILES string of the molecule is O=C(Nc1ccc(F)cc1)OCc1cncs1. The van der Waals surface area contributed by atoms with E-state index < -0.39 is 6.09 Å². The second-order valence-corrected chi connectivity index (χ2v) is 4.15. The molecule has 1 heterocycles. The fourth-order valence-electron chi connectivity index (χ4n) is 1.14. The lowest BCUT2D eigenvalue weighted by Gasteiger charge is -2.05. The molecule has 1 aromatic heterocycles. The number of carbonyl (C=O) groups is 1. The zero-order chi connectivity index (χ0) is 12.1. The molecular formula is C11H9FN2O2S. The van der Waals surface area contributed by atoms with E-state index in [1.165, 1.54) is 35.6 Å². The number of halogens is 1. The summed E-state index contributed by atoms with van der Waals surface area (Å²) in [7, 11) is 0. The lowest BCUT2D eigenvalue weighted by Crippen LogP contribution is -2.13. The minimum absolute atomic E-state index is 0.178. The van der Waals surface area contributed by atoms with E-state index in [-0.39, 0.29) is 12.4 Å². The molecule has 17 heavy (non-hydrogen) atoms. The maximum absolute atomic E-state index is 12.6. The van der Waals surface area contributed by atoms with Gasteiger partial charge in [-0.3, -0.25) is 10.3 Å². The summed E-state index contributed by atoms with van der Waals surface area (Å²) in [4.78, 5) is 16.1. The normalized spacial score (nSPS) is 9.94. The highest BCUT2D eigenvalue weighted by atomic mass is 32.1. The molecule has 0 aliphatic heterocycles. The molecule has 4 nitrogen and oxygen atoms in total. The van der Waals surface area contributed by atoms with Crippen molar-refractivity contribution in [1.82, 2.24) is 4.98 Å². The molecule has 1 amide bonds. The van der Waals surface area contributed by atoms with E-state index in [1.54, 1.807) is 11.7 Å². The van der Waals surface area contributed by atoms with Crippen LogP contribution in [0.5, 0.6) is 0 Å². The Hall–Kier alpha value is -1.95. The van der Waals surface area contributed by atoms with Crippen LogP contribution in [0.4, 0.5) is 14.9 Å². The third kappa shape index (κ3) is 3.53. The first-order valence-corrected chi connectivity index (χ1v) is 5.69.